The van der Waals surface area contributed by atoms with Gasteiger partial charge in [-0.15, -0.1) is 0 Å². The zero-order valence-corrected chi connectivity index (χ0v) is 9.51. The first-order valence-electron chi connectivity index (χ1n) is 5.29. The highest BCUT2D eigenvalue weighted by Gasteiger charge is 2.09. The Kier molecular flexibility index (Phi) is 3.70. The van der Waals surface area contributed by atoms with Gasteiger partial charge in [0.25, 0.3) is 0 Å². The Bertz CT molecular complexity index is 284. The van der Waals surface area contributed by atoms with Crippen LogP contribution in [0, 0.1) is 5.41 Å². The molecular weight excluding hydrogens is 170 g/mol. The molecule has 1 nitrogen and oxygen atoms in total. The maximum Gasteiger partial charge on any atom is 0.0178 e. The molecule has 1 aromatic carbocycles. The van der Waals surface area contributed by atoms with Gasteiger partial charge >= 0.3 is 0 Å². The molecule has 0 unspecified atom stereocenters. The summed E-state index contributed by atoms with van der Waals surface area (Å²) < 4.78 is 0. The summed E-state index contributed by atoms with van der Waals surface area (Å²) in [6.07, 6.45) is 2.37. The predicted octanol–water partition coefficient (Wildman–Crippen LogP) is 3.12. The second kappa shape index (κ2) is 4.61. The van der Waals surface area contributed by atoms with E-state index >= 15 is 0 Å². The molecule has 0 saturated carbocycles. The van der Waals surface area contributed by atoms with Gasteiger partial charge in [0, 0.05) is 6.54 Å². The van der Waals surface area contributed by atoms with Crippen molar-refractivity contribution in [1.29, 1.82) is 0 Å². The van der Waals surface area contributed by atoms with Crippen molar-refractivity contribution in [2.45, 2.75) is 40.2 Å². The summed E-state index contributed by atoms with van der Waals surface area (Å²) in [7, 11) is 0. The Morgan fingerprint density at radius 3 is 2.36 bits per heavy atom. The Balaban J connectivity index is 2.59. The van der Waals surface area contributed by atoms with Gasteiger partial charge in [-0.3, -0.25) is 0 Å². The van der Waals surface area contributed by atoms with E-state index in [9.17, 15) is 0 Å². The highest BCUT2D eigenvalue weighted by molar-refractivity contribution is 5.23. The minimum absolute atomic E-state index is 0.415. The van der Waals surface area contributed by atoms with Gasteiger partial charge in [0.1, 0.15) is 0 Å². The molecule has 0 amide bonds. The molecule has 78 valence electrons. The third kappa shape index (κ3) is 3.93. The lowest BCUT2D eigenvalue weighted by Crippen LogP contribution is -2.06. The molecule has 1 rings (SSSR count). The highest BCUT2D eigenvalue weighted by Crippen LogP contribution is 2.21. The number of aryl methyl sites for hydroxylation is 1. The number of benzene rings is 1. The van der Waals surface area contributed by atoms with Crippen LogP contribution in [0.3, 0.4) is 0 Å². The first kappa shape index (κ1) is 11.3. The van der Waals surface area contributed by atoms with E-state index in [-0.39, 0.29) is 0 Å². The summed E-state index contributed by atoms with van der Waals surface area (Å²) in [6, 6.07) is 8.58. The van der Waals surface area contributed by atoms with Crippen molar-refractivity contribution in [1.82, 2.24) is 0 Å². The molecule has 1 heteroatoms. The van der Waals surface area contributed by atoms with E-state index in [2.05, 4.69) is 45.0 Å². The summed E-state index contributed by atoms with van der Waals surface area (Å²) in [6.45, 7) is 7.47. The Labute approximate surface area is 87.3 Å². The molecule has 14 heavy (non-hydrogen) atoms. The minimum atomic E-state index is 0.415. The Morgan fingerprint density at radius 2 is 1.79 bits per heavy atom. The second-order valence-corrected chi connectivity index (χ2v) is 5.08. The molecule has 0 aromatic heterocycles. The molecule has 2 N–H and O–H groups in total. The van der Waals surface area contributed by atoms with Crippen LogP contribution in [0.4, 0.5) is 0 Å². The first-order valence-corrected chi connectivity index (χ1v) is 5.29. The summed E-state index contributed by atoms with van der Waals surface area (Å²) >= 11 is 0. The van der Waals surface area contributed by atoms with Crippen LogP contribution in [0.15, 0.2) is 24.3 Å². The lowest BCUT2D eigenvalue weighted by Gasteiger charge is -2.17. The SMILES string of the molecule is CC(C)(C)CCc1cccc(CN)c1. The first-order chi connectivity index (χ1) is 6.51. The van der Waals surface area contributed by atoms with Crippen molar-refractivity contribution in [2.75, 3.05) is 0 Å². The van der Waals surface area contributed by atoms with Gasteiger partial charge < -0.3 is 5.73 Å². The van der Waals surface area contributed by atoms with Gasteiger partial charge in [-0.1, -0.05) is 45.0 Å². The van der Waals surface area contributed by atoms with Crippen LogP contribution in [0.1, 0.15) is 38.3 Å². The normalized spacial score (nSPS) is 11.7. The Hall–Kier alpha value is -0.820. The average Bonchev–Trinajstić information content (AvgIpc) is 2.14. The molecule has 0 heterocycles. The molecule has 0 bridgehead atoms. The van der Waals surface area contributed by atoms with Crippen molar-refractivity contribution in [3.8, 4) is 0 Å². The van der Waals surface area contributed by atoms with Crippen LogP contribution in [0.25, 0.3) is 0 Å². The van der Waals surface area contributed by atoms with Gasteiger partial charge in [0.15, 0.2) is 0 Å². The van der Waals surface area contributed by atoms with E-state index in [1.807, 2.05) is 0 Å². The molecule has 0 aliphatic carbocycles. The van der Waals surface area contributed by atoms with Gasteiger partial charge in [-0.05, 0) is 29.4 Å². The molecule has 0 spiro atoms. The lowest BCUT2D eigenvalue weighted by atomic mass is 9.88. The summed E-state index contributed by atoms with van der Waals surface area (Å²) in [5, 5.41) is 0. The lowest BCUT2D eigenvalue weighted by molar-refractivity contribution is 0.378. The van der Waals surface area contributed by atoms with Gasteiger partial charge in [0.2, 0.25) is 0 Å². The molecule has 0 saturated heterocycles. The minimum Gasteiger partial charge on any atom is -0.326 e. The molecule has 0 aliphatic heterocycles. The predicted molar refractivity (Wildman–Crippen MR) is 62.1 cm³/mol. The van der Waals surface area contributed by atoms with Crippen LogP contribution in [-0.2, 0) is 13.0 Å². The van der Waals surface area contributed by atoms with Crippen LogP contribution in [0.2, 0.25) is 0 Å². The monoisotopic (exact) mass is 191 g/mol. The number of hydrogen-bond acceptors (Lipinski definition) is 1. The van der Waals surface area contributed by atoms with E-state index in [0.29, 0.717) is 12.0 Å². The van der Waals surface area contributed by atoms with E-state index in [1.54, 1.807) is 0 Å². The van der Waals surface area contributed by atoms with E-state index in [1.165, 1.54) is 17.5 Å². The Morgan fingerprint density at radius 1 is 1.14 bits per heavy atom. The zero-order valence-electron chi connectivity index (χ0n) is 9.51. The molecule has 0 fully saturated rings. The molecule has 1 aromatic rings. The van der Waals surface area contributed by atoms with Crippen LogP contribution in [-0.4, -0.2) is 0 Å². The molecule has 0 radical (unpaired) electrons. The van der Waals surface area contributed by atoms with E-state index in [4.69, 9.17) is 5.73 Å². The van der Waals surface area contributed by atoms with Gasteiger partial charge in [-0.2, -0.15) is 0 Å². The summed E-state index contributed by atoms with van der Waals surface area (Å²) in [4.78, 5) is 0. The fourth-order valence-corrected chi connectivity index (χ4v) is 1.43. The molecular formula is C13H21N. The van der Waals surface area contributed by atoms with Crippen molar-refractivity contribution < 1.29 is 0 Å². The molecule has 0 atom stereocenters. The van der Waals surface area contributed by atoms with Gasteiger partial charge in [0.05, 0.1) is 0 Å². The van der Waals surface area contributed by atoms with Crippen molar-refractivity contribution in [2.24, 2.45) is 11.1 Å². The molecule has 0 aliphatic rings. The zero-order chi connectivity index (χ0) is 10.6. The number of nitrogens with two attached hydrogens (primary N) is 1. The fourth-order valence-electron chi connectivity index (χ4n) is 1.43. The van der Waals surface area contributed by atoms with Crippen LogP contribution in [0.5, 0.6) is 0 Å². The largest absolute Gasteiger partial charge is 0.326 e. The topological polar surface area (TPSA) is 26.0 Å². The van der Waals surface area contributed by atoms with Crippen LogP contribution >= 0.6 is 0 Å². The summed E-state index contributed by atoms with van der Waals surface area (Å²) in [5.41, 5.74) is 8.65. The fraction of sp³-hybridized carbons (Fsp3) is 0.538. The maximum atomic E-state index is 5.60. The quantitative estimate of drug-likeness (QED) is 0.780. The smallest absolute Gasteiger partial charge is 0.0178 e. The van der Waals surface area contributed by atoms with Crippen molar-refractivity contribution >= 4 is 0 Å². The summed E-state index contributed by atoms with van der Waals surface area (Å²) in [5.74, 6) is 0. The third-order valence-corrected chi connectivity index (χ3v) is 2.39. The third-order valence-electron chi connectivity index (χ3n) is 2.39. The van der Waals surface area contributed by atoms with E-state index in [0.717, 1.165) is 6.42 Å². The standard InChI is InChI=1S/C13H21N/c1-13(2,3)8-7-11-5-4-6-12(9-11)10-14/h4-6,9H,7-8,10,14H2,1-3H3. The average molecular weight is 191 g/mol. The van der Waals surface area contributed by atoms with Crippen LogP contribution < -0.4 is 5.73 Å². The van der Waals surface area contributed by atoms with Gasteiger partial charge in [-0.25, -0.2) is 0 Å². The maximum absolute atomic E-state index is 5.60. The number of rotatable bonds is 3. The number of hydrogen-bond donors (Lipinski definition) is 1. The van der Waals surface area contributed by atoms with Crippen molar-refractivity contribution in [3.63, 3.8) is 0 Å². The van der Waals surface area contributed by atoms with Crippen molar-refractivity contribution in [3.05, 3.63) is 35.4 Å². The van der Waals surface area contributed by atoms with E-state index < -0.39 is 0 Å². The highest BCUT2D eigenvalue weighted by atomic mass is 14.5. The second-order valence-electron chi connectivity index (χ2n) is 5.08.